The summed E-state index contributed by atoms with van der Waals surface area (Å²) in [7, 11) is -3.96. The summed E-state index contributed by atoms with van der Waals surface area (Å²) in [6, 6.07) is 20.5. The zero-order valence-corrected chi connectivity index (χ0v) is 20.1. The van der Waals surface area contributed by atoms with E-state index >= 15 is 0 Å². The molecule has 7 nitrogen and oxygen atoms in total. The van der Waals surface area contributed by atoms with E-state index in [1.807, 2.05) is 24.3 Å². The van der Waals surface area contributed by atoms with Gasteiger partial charge in [-0.05, 0) is 42.8 Å². The van der Waals surface area contributed by atoms with E-state index < -0.39 is 10.1 Å². The zero-order chi connectivity index (χ0) is 23.8. The number of unbranched alkanes of at least 4 members (excludes halogenated alkanes) is 5. The van der Waals surface area contributed by atoms with Crippen molar-refractivity contribution in [2.24, 2.45) is 0 Å². The minimum atomic E-state index is -3.96. The normalized spacial score (nSPS) is 11.6. The molecule has 1 heterocycles. The summed E-state index contributed by atoms with van der Waals surface area (Å²) >= 11 is 0. The summed E-state index contributed by atoms with van der Waals surface area (Å²) in [5.74, 6) is 0.636. The van der Waals surface area contributed by atoms with Crippen molar-refractivity contribution in [3.63, 3.8) is 0 Å². The number of benzene rings is 3. The summed E-state index contributed by atoms with van der Waals surface area (Å²) in [6.07, 6.45) is 6.85. The van der Waals surface area contributed by atoms with Crippen molar-refractivity contribution in [1.82, 2.24) is 15.0 Å². The van der Waals surface area contributed by atoms with Gasteiger partial charge in [-0.1, -0.05) is 69.4 Å². The summed E-state index contributed by atoms with van der Waals surface area (Å²) in [5.41, 5.74) is 2.14. The number of rotatable bonds is 12. The van der Waals surface area contributed by atoms with Crippen molar-refractivity contribution in [1.29, 1.82) is 0 Å². The van der Waals surface area contributed by atoms with E-state index in [-0.39, 0.29) is 10.6 Å². The second-order valence-electron chi connectivity index (χ2n) is 8.07. The zero-order valence-electron chi connectivity index (χ0n) is 19.3. The lowest BCUT2D eigenvalue weighted by Crippen LogP contribution is -2.10. The van der Waals surface area contributed by atoms with Crippen LogP contribution >= 0.6 is 0 Å². The van der Waals surface area contributed by atoms with Gasteiger partial charge in [-0.2, -0.15) is 8.42 Å². The molecule has 0 radical (unpaired) electrons. The van der Waals surface area contributed by atoms with Crippen molar-refractivity contribution in [2.45, 2.75) is 50.3 Å². The molecule has 0 aliphatic carbocycles. The summed E-state index contributed by atoms with van der Waals surface area (Å²) in [4.78, 5) is 1.60. The van der Waals surface area contributed by atoms with Crippen molar-refractivity contribution in [3.05, 3.63) is 72.8 Å². The molecule has 0 aliphatic rings. The highest BCUT2D eigenvalue weighted by Gasteiger charge is 2.18. The van der Waals surface area contributed by atoms with Crippen LogP contribution in [0.3, 0.4) is 0 Å². The Bertz CT molecular complexity index is 1290. The molecule has 0 N–H and O–H groups in total. The first-order valence-corrected chi connectivity index (χ1v) is 13.1. The molecule has 4 rings (SSSR count). The van der Waals surface area contributed by atoms with Crippen LogP contribution in [0, 0.1) is 0 Å². The van der Waals surface area contributed by atoms with Gasteiger partial charge in [0.1, 0.15) is 27.4 Å². The van der Waals surface area contributed by atoms with Crippen LogP contribution in [0.15, 0.2) is 77.7 Å². The van der Waals surface area contributed by atoms with Gasteiger partial charge in [0.05, 0.1) is 6.61 Å². The second kappa shape index (κ2) is 11.2. The molecule has 34 heavy (non-hydrogen) atoms. The number of fused-ring (bicyclic) bond motifs is 1. The molecule has 0 saturated heterocycles. The van der Waals surface area contributed by atoms with Gasteiger partial charge < -0.3 is 8.92 Å². The lowest BCUT2D eigenvalue weighted by Gasteiger charge is -2.13. The molecule has 1 aromatic heterocycles. The Morgan fingerprint density at radius 1 is 0.794 bits per heavy atom. The van der Waals surface area contributed by atoms with E-state index in [4.69, 9.17) is 8.92 Å². The lowest BCUT2D eigenvalue weighted by atomic mass is 10.1. The predicted octanol–water partition coefficient (Wildman–Crippen LogP) is 5.93. The van der Waals surface area contributed by atoms with Gasteiger partial charge in [-0.15, -0.1) is 15.0 Å². The monoisotopic (exact) mass is 479 g/mol. The highest BCUT2D eigenvalue weighted by molar-refractivity contribution is 7.87. The Kier molecular flexibility index (Phi) is 7.80. The van der Waals surface area contributed by atoms with Crippen LogP contribution in [-0.2, 0) is 10.1 Å². The quantitative estimate of drug-likeness (QED) is 0.185. The fraction of sp³-hybridized carbons (Fsp3) is 0.308. The van der Waals surface area contributed by atoms with Crippen LogP contribution in [0.4, 0.5) is 0 Å². The average molecular weight is 480 g/mol. The van der Waals surface area contributed by atoms with E-state index in [1.54, 1.807) is 36.4 Å². The molecule has 0 fully saturated rings. The number of ether oxygens (including phenoxy) is 1. The summed E-state index contributed by atoms with van der Waals surface area (Å²) in [5, 5.41) is 9.08. The topological polar surface area (TPSA) is 83.3 Å². The molecule has 3 aromatic carbocycles. The fourth-order valence-electron chi connectivity index (χ4n) is 3.62. The first kappa shape index (κ1) is 23.8. The van der Waals surface area contributed by atoms with Gasteiger partial charge in [0.25, 0.3) is 0 Å². The first-order chi connectivity index (χ1) is 16.6. The average Bonchev–Trinajstić information content (AvgIpc) is 3.28. The van der Waals surface area contributed by atoms with Crippen molar-refractivity contribution < 1.29 is 17.3 Å². The molecule has 0 atom stereocenters. The van der Waals surface area contributed by atoms with Gasteiger partial charge in [-0.3, -0.25) is 0 Å². The molecule has 0 spiro atoms. The fourth-order valence-corrected chi connectivity index (χ4v) is 4.56. The lowest BCUT2D eigenvalue weighted by molar-refractivity contribution is 0.301. The molecule has 178 valence electrons. The Morgan fingerprint density at radius 2 is 1.44 bits per heavy atom. The Morgan fingerprint density at radius 3 is 2.15 bits per heavy atom. The van der Waals surface area contributed by atoms with Gasteiger partial charge in [0.15, 0.2) is 5.75 Å². The van der Waals surface area contributed by atoms with Crippen molar-refractivity contribution >= 4 is 21.2 Å². The molecule has 0 saturated carbocycles. The summed E-state index contributed by atoms with van der Waals surface area (Å²) < 4.78 is 36.8. The molecule has 4 aromatic rings. The van der Waals surface area contributed by atoms with Gasteiger partial charge >= 0.3 is 10.1 Å². The smallest absolute Gasteiger partial charge is 0.339 e. The standard InChI is InChI=1S/C26H29N3O4S/c1-2-3-4-5-6-12-19-32-26-20-21(33-34(30,31)22-13-8-7-9-14-22)17-18-25(26)29-27-23-15-10-11-16-24(23)28-29/h7-11,13-18,20H,2-6,12,19H2,1H3. The SMILES string of the molecule is CCCCCCCCOc1cc(OS(=O)(=O)c2ccccc2)ccc1-n1nc2ccccc2n1. The maximum absolute atomic E-state index is 12.7. The van der Waals surface area contributed by atoms with Gasteiger partial charge in [0, 0.05) is 6.07 Å². The molecule has 0 unspecified atom stereocenters. The van der Waals surface area contributed by atoms with E-state index in [2.05, 4.69) is 17.1 Å². The van der Waals surface area contributed by atoms with E-state index in [0.29, 0.717) is 18.0 Å². The molecular weight excluding hydrogens is 450 g/mol. The largest absolute Gasteiger partial charge is 0.491 e. The van der Waals surface area contributed by atoms with Crippen LogP contribution in [-0.4, -0.2) is 30.0 Å². The van der Waals surface area contributed by atoms with E-state index in [9.17, 15) is 8.42 Å². The number of aromatic nitrogens is 3. The van der Waals surface area contributed by atoms with E-state index in [0.717, 1.165) is 23.9 Å². The number of nitrogens with zero attached hydrogens (tertiary/aromatic N) is 3. The molecule has 8 heteroatoms. The van der Waals surface area contributed by atoms with E-state index in [1.165, 1.54) is 42.6 Å². The molecular formula is C26H29N3O4S. The molecule has 0 aliphatic heterocycles. The maximum Gasteiger partial charge on any atom is 0.339 e. The minimum absolute atomic E-state index is 0.0913. The predicted molar refractivity (Wildman–Crippen MR) is 132 cm³/mol. The third kappa shape index (κ3) is 5.94. The third-order valence-corrected chi connectivity index (χ3v) is 6.69. The Balaban J connectivity index is 1.56. The Hall–Kier alpha value is -3.39. The highest BCUT2D eigenvalue weighted by Crippen LogP contribution is 2.30. The number of hydrogen-bond acceptors (Lipinski definition) is 6. The van der Waals surface area contributed by atoms with Crippen LogP contribution in [0.5, 0.6) is 11.5 Å². The summed E-state index contributed by atoms with van der Waals surface area (Å²) in [6.45, 7) is 2.71. The van der Waals surface area contributed by atoms with Gasteiger partial charge in [0.2, 0.25) is 0 Å². The van der Waals surface area contributed by atoms with Crippen molar-refractivity contribution in [3.8, 4) is 17.2 Å². The number of hydrogen-bond donors (Lipinski definition) is 0. The maximum atomic E-state index is 12.7. The first-order valence-electron chi connectivity index (χ1n) is 11.7. The van der Waals surface area contributed by atoms with Crippen LogP contribution < -0.4 is 8.92 Å². The molecule has 0 amide bonds. The van der Waals surface area contributed by atoms with Crippen LogP contribution in [0.2, 0.25) is 0 Å². The third-order valence-electron chi connectivity index (χ3n) is 5.43. The van der Waals surface area contributed by atoms with Crippen LogP contribution in [0.1, 0.15) is 45.4 Å². The highest BCUT2D eigenvalue weighted by atomic mass is 32.2. The second-order valence-corrected chi connectivity index (χ2v) is 9.62. The molecule has 0 bridgehead atoms. The minimum Gasteiger partial charge on any atom is -0.491 e. The van der Waals surface area contributed by atoms with Crippen LogP contribution in [0.25, 0.3) is 16.7 Å². The van der Waals surface area contributed by atoms with Crippen molar-refractivity contribution in [2.75, 3.05) is 6.61 Å². The van der Waals surface area contributed by atoms with Gasteiger partial charge in [-0.25, -0.2) is 0 Å². The Labute approximate surface area is 200 Å².